The van der Waals surface area contributed by atoms with Crippen LogP contribution in [0.5, 0.6) is 5.75 Å². The molecule has 2 heterocycles. The summed E-state index contributed by atoms with van der Waals surface area (Å²) in [5.41, 5.74) is 4.08. The molecule has 0 spiro atoms. The Bertz CT molecular complexity index is 828. The number of aromatic nitrogens is 3. The van der Waals surface area contributed by atoms with Crippen LogP contribution in [0.15, 0.2) is 18.3 Å². The maximum atomic E-state index is 12.1. The molecule has 0 atom stereocenters. The summed E-state index contributed by atoms with van der Waals surface area (Å²) in [5, 5.41) is 19.7. The summed E-state index contributed by atoms with van der Waals surface area (Å²) in [7, 11) is 1.71. The number of carbonyl (C=O) groups excluding carboxylic acids is 1. The van der Waals surface area contributed by atoms with Gasteiger partial charge in [-0.1, -0.05) is 11.3 Å². The van der Waals surface area contributed by atoms with Crippen LogP contribution in [0.2, 0.25) is 0 Å². The Balaban J connectivity index is 1.53. The molecule has 3 rings (SSSR count). The minimum atomic E-state index is -0.243. The monoisotopic (exact) mass is 401 g/mol. The second-order valence-corrected chi connectivity index (χ2v) is 7.67. The van der Waals surface area contributed by atoms with Crippen molar-refractivity contribution in [3.63, 3.8) is 0 Å². The predicted molar refractivity (Wildman–Crippen MR) is 110 cm³/mol. The summed E-state index contributed by atoms with van der Waals surface area (Å²) < 4.78 is 7.23. The van der Waals surface area contributed by atoms with E-state index < -0.39 is 0 Å². The Morgan fingerprint density at radius 1 is 1.28 bits per heavy atom. The fraction of sp³-hybridized carbons (Fsp3) is 0.571. The quantitative estimate of drug-likeness (QED) is 0.656. The third-order valence-electron chi connectivity index (χ3n) is 5.54. The van der Waals surface area contributed by atoms with Gasteiger partial charge in [0.2, 0.25) is 0 Å². The van der Waals surface area contributed by atoms with Crippen molar-refractivity contribution >= 4 is 5.91 Å². The van der Waals surface area contributed by atoms with Gasteiger partial charge < -0.3 is 15.2 Å². The van der Waals surface area contributed by atoms with Crippen molar-refractivity contribution in [3.8, 4) is 5.75 Å². The van der Waals surface area contributed by atoms with Crippen molar-refractivity contribution in [2.45, 2.75) is 45.7 Å². The molecule has 0 radical (unpaired) electrons. The summed E-state index contributed by atoms with van der Waals surface area (Å²) in [5.74, 6) is 0.694. The van der Waals surface area contributed by atoms with Gasteiger partial charge >= 0.3 is 0 Å². The van der Waals surface area contributed by atoms with Gasteiger partial charge in [-0.3, -0.25) is 9.69 Å². The number of methoxy groups -OCH3 is 1. The number of piperidine rings is 1. The molecule has 1 amide bonds. The Labute approximate surface area is 171 Å². The Morgan fingerprint density at radius 2 is 2.03 bits per heavy atom. The van der Waals surface area contributed by atoms with E-state index in [1.165, 1.54) is 11.1 Å². The molecule has 1 aliphatic rings. The molecule has 0 bridgehead atoms. The number of likely N-dealkylation sites (tertiary alicyclic amines) is 1. The summed E-state index contributed by atoms with van der Waals surface area (Å²) in [6.07, 6.45) is 4.21. The van der Waals surface area contributed by atoms with E-state index in [1.807, 2.05) is 4.68 Å². The summed E-state index contributed by atoms with van der Waals surface area (Å²) >= 11 is 0. The van der Waals surface area contributed by atoms with Gasteiger partial charge in [-0.15, -0.1) is 5.10 Å². The van der Waals surface area contributed by atoms with Crippen molar-refractivity contribution in [2.24, 2.45) is 0 Å². The standard InChI is InChI=1S/C21H31N5O3/c1-15-12-20(29-3)16(2)11-17(15)13-25-8-5-18(6-9-25)26-14-19(23-24-26)21(28)22-7-4-10-27/h11-12,14,18,27H,4-10,13H2,1-3H3,(H,22,28). The number of aryl methyl sites for hydroxylation is 2. The summed E-state index contributed by atoms with van der Waals surface area (Å²) in [4.78, 5) is 14.5. The fourth-order valence-corrected chi connectivity index (χ4v) is 3.75. The smallest absolute Gasteiger partial charge is 0.273 e. The molecule has 1 aliphatic heterocycles. The number of ether oxygens (including phenoxy) is 1. The molecule has 2 aromatic rings. The van der Waals surface area contributed by atoms with Gasteiger partial charge in [-0.25, -0.2) is 4.68 Å². The molecular weight excluding hydrogens is 370 g/mol. The van der Waals surface area contributed by atoms with E-state index in [2.05, 4.69) is 46.5 Å². The summed E-state index contributed by atoms with van der Waals surface area (Å²) in [6.45, 7) is 7.59. The first-order valence-electron chi connectivity index (χ1n) is 10.2. The Hall–Kier alpha value is -2.45. The molecule has 1 fully saturated rings. The molecule has 2 N–H and O–H groups in total. The van der Waals surface area contributed by atoms with Gasteiger partial charge in [0.1, 0.15) is 5.75 Å². The molecule has 1 aromatic heterocycles. The molecule has 0 aliphatic carbocycles. The van der Waals surface area contributed by atoms with Crippen molar-refractivity contribution in [2.75, 3.05) is 33.4 Å². The second-order valence-electron chi connectivity index (χ2n) is 7.67. The zero-order chi connectivity index (χ0) is 20.8. The number of rotatable bonds is 8. The molecule has 1 aromatic carbocycles. The first-order chi connectivity index (χ1) is 14.0. The van der Waals surface area contributed by atoms with E-state index >= 15 is 0 Å². The van der Waals surface area contributed by atoms with Crippen LogP contribution in [-0.4, -0.2) is 64.3 Å². The van der Waals surface area contributed by atoms with E-state index in [9.17, 15) is 4.79 Å². The SMILES string of the molecule is COc1cc(C)c(CN2CCC(n3cc(C(=O)NCCCO)nn3)CC2)cc1C. The lowest BCUT2D eigenvalue weighted by molar-refractivity contribution is 0.0946. The Kier molecular flexibility index (Phi) is 7.22. The number of benzene rings is 1. The zero-order valence-electron chi connectivity index (χ0n) is 17.5. The number of hydrogen-bond acceptors (Lipinski definition) is 6. The fourth-order valence-electron chi connectivity index (χ4n) is 3.75. The van der Waals surface area contributed by atoms with E-state index in [0.717, 1.165) is 43.8 Å². The third kappa shape index (κ3) is 5.33. The highest BCUT2D eigenvalue weighted by Crippen LogP contribution is 2.26. The Morgan fingerprint density at radius 3 is 2.72 bits per heavy atom. The maximum Gasteiger partial charge on any atom is 0.273 e. The van der Waals surface area contributed by atoms with Gasteiger partial charge in [0.05, 0.1) is 19.3 Å². The van der Waals surface area contributed by atoms with Crippen LogP contribution in [0.3, 0.4) is 0 Å². The van der Waals surface area contributed by atoms with Crippen LogP contribution < -0.4 is 10.1 Å². The van der Waals surface area contributed by atoms with Crippen LogP contribution >= 0.6 is 0 Å². The van der Waals surface area contributed by atoms with E-state index in [4.69, 9.17) is 9.84 Å². The molecule has 8 heteroatoms. The lowest BCUT2D eigenvalue weighted by atomic mass is 10.0. The topological polar surface area (TPSA) is 92.5 Å². The number of aliphatic hydroxyl groups excluding tert-OH is 1. The molecular formula is C21H31N5O3. The minimum absolute atomic E-state index is 0.0567. The van der Waals surface area contributed by atoms with E-state index in [-0.39, 0.29) is 18.6 Å². The maximum absolute atomic E-state index is 12.1. The average Bonchev–Trinajstić information content (AvgIpc) is 3.21. The predicted octanol–water partition coefficient (Wildman–Crippen LogP) is 1.85. The zero-order valence-corrected chi connectivity index (χ0v) is 17.5. The summed E-state index contributed by atoms with van der Waals surface area (Å²) in [6, 6.07) is 4.59. The molecule has 0 saturated carbocycles. The highest BCUT2D eigenvalue weighted by atomic mass is 16.5. The van der Waals surface area contributed by atoms with Gasteiger partial charge in [-0.05, 0) is 55.9 Å². The van der Waals surface area contributed by atoms with Crippen LogP contribution in [0.4, 0.5) is 0 Å². The number of amides is 1. The van der Waals surface area contributed by atoms with Gasteiger partial charge in [0.25, 0.3) is 5.91 Å². The normalized spacial score (nSPS) is 15.4. The molecule has 8 nitrogen and oxygen atoms in total. The lowest BCUT2D eigenvalue weighted by Crippen LogP contribution is -2.34. The van der Waals surface area contributed by atoms with Crippen molar-refractivity contribution < 1.29 is 14.6 Å². The first kappa shape index (κ1) is 21.3. The average molecular weight is 402 g/mol. The van der Waals surface area contributed by atoms with Crippen LogP contribution in [0.1, 0.15) is 52.5 Å². The van der Waals surface area contributed by atoms with Crippen molar-refractivity contribution in [1.29, 1.82) is 0 Å². The van der Waals surface area contributed by atoms with Crippen LogP contribution in [0, 0.1) is 13.8 Å². The lowest BCUT2D eigenvalue weighted by Gasteiger charge is -2.32. The van der Waals surface area contributed by atoms with Gasteiger partial charge in [-0.2, -0.15) is 0 Å². The largest absolute Gasteiger partial charge is 0.496 e. The molecule has 0 unspecified atom stereocenters. The van der Waals surface area contributed by atoms with Crippen LogP contribution in [-0.2, 0) is 6.54 Å². The van der Waals surface area contributed by atoms with E-state index in [0.29, 0.717) is 18.7 Å². The number of nitrogens with one attached hydrogen (secondary N) is 1. The molecule has 29 heavy (non-hydrogen) atoms. The second kappa shape index (κ2) is 9.84. The first-order valence-corrected chi connectivity index (χ1v) is 10.2. The van der Waals surface area contributed by atoms with E-state index in [1.54, 1.807) is 13.3 Å². The molecule has 158 valence electrons. The minimum Gasteiger partial charge on any atom is -0.496 e. The highest BCUT2D eigenvalue weighted by Gasteiger charge is 2.23. The number of hydrogen-bond donors (Lipinski definition) is 2. The van der Waals surface area contributed by atoms with Gasteiger partial charge in [0.15, 0.2) is 5.69 Å². The number of aliphatic hydroxyl groups is 1. The highest BCUT2D eigenvalue weighted by molar-refractivity contribution is 5.91. The third-order valence-corrected chi connectivity index (χ3v) is 5.54. The van der Waals surface area contributed by atoms with Crippen LogP contribution in [0.25, 0.3) is 0 Å². The van der Waals surface area contributed by atoms with Crippen molar-refractivity contribution in [3.05, 3.63) is 40.7 Å². The number of carbonyl (C=O) groups is 1. The number of nitrogens with zero attached hydrogens (tertiary/aromatic N) is 4. The van der Waals surface area contributed by atoms with Crippen molar-refractivity contribution in [1.82, 2.24) is 25.2 Å². The molecule has 1 saturated heterocycles. The van der Waals surface area contributed by atoms with Gasteiger partial charge in [0, 0.05) is 32.8 Å².